The minimum atomic E-state index is -0.361. The Balaban J connectivity index is 1.86. The van der Waals surface area contributed by atoms with Crippen molar-refractivity contribution >= 4 is 17.7 Å². The molecule has 1 aliphatic rings. The molecule has 0 fully saturated rings. The van der Waals surface area contributed by atoms with E-state index in [1.54, 1.807) is 12.1 Å². The van der Waals surface area contributed by atoms with Crippen LogP contribution in [0.25, 0.3) is 0 Å². The van der Waals surface area contributed by atoms with E-state index in [0.717, 1.165) is 5.56 Å². The van der Waals surface area contributed by atoms with Crippen LogP contribution >= 0.6 is 0 Å². The fraction of sp³-hybridized carbons (Fsp3) is 0.318. The van der Waals surface area contributed by atoms with Crippen LogP contribution in [-0.2, 0) is 6.54 Å². The standard InChI is InChI=1S/C22H24N2O4/c1-15(2)13-24-21(27)18-9-8-17(12-19(18)22(24)28)20(26)23(10-11-25)14-16-6-4-3-5-7-16/h3-9,12,15,25H,10-11,13-14H2,1-2H3. The molecule has 0 atom stereocenters. The van der Waals surface area contributed by atoms with Gasteiger partial charge in [-0.15, -0.1) is 0 Å². The van der Waals surface area contributed by atoms with E-state index in [9.17, 15) is 19.5 Å². The Labute approximate surface area is 164 Å². The third kappa shape index (κ3) is 3.97. The summed E-state index contributed by atoms with van der Waals surface area (Å²) in [6, 6.07) is 14.1. The van der Waals surface area contributed by atoms with Crippen LogP contribution in [0.3, 0.4) is 0 Å². The van der Waals surface area contributed by atoms with Crippen LogP contribution in [0.15, 0.2) is 48.5 Å². The molecule has 0 spiro atoms. The van der Waals surface area contributed by atoms with Crippen LogP contribution in [0, 0.1) is 5.92 Å². The van der Waals surface area contributed by atoms with Gasteiger partial charge in [-0.05, 0) is 29.7 Å². The zero-order valence-electron chi connectivity index (χ0n) is 16.1. The molecule has 0 saturated carbocycles. The zero-order valence-corrected chi connectivity index (χ0v) is 16.1. The van der Waals surface area contributed by atoms with E-state index < -0.39 is 0 Å². The molecular weight excluding hydrogens is 356 g/mol. The molecule has 0 bridgehead atoms. The first-order valence-corrected chi connectivity index (χ1v) is 9.36. The Morgan fingerprint density at radius 3 is 2.36 bits per heavy atom. The number of hydrogen-bond acceptors (Lipinski definition) is 4. The summed E-state index contributed by atoms with van der Waals surface area (Å²) in [4.78, 5) is 40.9. The van der Waals surface area contributed by atoms with Crippen molar-refractivity contribution in [2.45, 2.75) is 20.4 Å². The number of hydrogen-bond donors (Lipinski definition) is 1. The lowest BCUT2D eigenvalue weighted by Gasteiger charge is -2.22. The summed E-state index contributed by atoms with van der Waals surface area (Å²) < 4.78 is 0. The van der Waals surface area contributed by atoms with E-state index in [1.165, 1.54) is 15.9 Å². The molecule has 3 rings (SSSR count). The van der Waals surface area contributed by atoms with Gasteiger partial charge in [-0.3, -0.25) is 19.3 Å². The van der Waals surface area contributed by atoms with Crippen molar-refractivity contribution < 1.29 is 19.5 Å². The highest BCUT2D eigenvalue weighted by molar-refractivity contribution is 6.22. The molecule has 0 aliphatic carbocycles. The van der Waals surface area contributed by atoms with Gasteiger partial charge in [-0.25, -0.2) is 0 Å². The highest BCUT2D eigenvalue weighted by Crippen LogP contribution is 2.25. The number of nitrogens with zero attached hydrogens (tertiary/aromatic N) is 2. The molecule has 3 amide bonds. The number of amides is 3. The van der Waals surface area contributed by atoms with E-state index in [-0.39, 0.29) is 42.4 Å². The number of benzene rings is 2. The molecule has 28 heavy (non-hydrogen) atoms. The number of fused-ring (bicyclic) bond motifs is 1. The molecule has 6 nitrogen and oxygen atoms in total. The van der Waals surface area contributed by atoms with Crippen LogP contribution < -0.4 is 0 Å². The predicted octanol–water partition coefficient (Wildman–Crippen LogP) is 2.57. The maximum Gasteiger partial charge on any atom is 0.261 e. The second-order valence-corrected chi connectivity index (χ2v) is 7.31. The summed E-state index contributed by atoms with van der Waals surface area (Å²) >= 11 is 0. The molecule has 0 unspecified atom stereocenters. The van der Waals surface area contributed by atoms with Crippen molar-refractivity contribution in [1.29, 1.82) is 0 Å². The summed E-state index contributed by atoms with van der Waals surface area (Å²) in [6.07, 6.45) is 0. The van der Waals surface area contributed by atoms with Gasteiger partial charge in [0.05, 0.1) is 17.7 Å². The average Bonchev–Trinajstić information content (AvgIpc) is 2.92. The van der Waals surface area contributed by atoms with Crippen molar-refractivity contribution in [3.63, 3.8) is 0 Å². The number of carbonyl (C=O) groups excluding carboxylic acids is 3. The smallest absolute Gasteiger partial charge is 0.261 e. The van der Waals surface area contributed by atoms with Crippen molar-refractivity contribution in [1.82, 2.24) is 9.80 Å². The maximum atomic E-state index is 13.0. The minimum absolute atomic E-state index is 0.161. The first-order valence-electron chi connectivity index (χ1n) is 9.36. The Hall–Kier alpha value is -2.99. The Morgan fingerprint density at radius 1 is 1.04 bits per heavy atom. The van der Waals surface area contributed by atoms with Gasteiger partial charge in [0.2, 0.25) is 0 Å². The number of imide groups is 1. The lowest BCUT2D eigenvalue weighted by molar-refractivity contribution is 0.0635. The number of aliphatic hydroxyl groups is 1. The van der Waals surface area contributed by atoms with E-state index in [2.05, 4.69) is 0 Å². The van der Waals surface area contributed by atoms with Crippen LogP contribution in [0.4, 0.5) is 0 Å². The van der Waals surface area contributed by atoms with Gasteiger partial charge in [0, 0.05) is 25.2 Å². The minimum Gasteiger partial charge on any atom is -0.395 e. The molecule has 0 radical (unpaired) electrons. The number of aliphatic hydroxyl groups excluding tert-OH is 1. The topological polar surface area (TPSA) is 77.9 Å². The second-order valence-electron chi connectivity index (χ2n) is 7.31. The second kappa shape index (κ2) is 8.35. The Kier molecular flexibility index (Phi) is 5.90. The van der Waals surface area contributed by atoms with E-state index >= 15 is 0 Å². The summed E-state index contributed by atoms with van der Waals surface area (Å²) in [7, 11) is 0. The SMILES string of the molecule is CC(C)CN1C(=O)c2ccc(C(=O)N(CCO)Cc3ccccc3)cc2C1=O. The Morgan fingerprint density at radius 2 is 1.71 bits per heavy atom. The van der Waals surface area contributed by atoms with Crippen molar-refractivity contribution in [2.75, 3.05) is 19.7 Å². The van der Waals surface area contributed by atoms with Gasteiger partial charge in [0.25, 0.3) is 17.7 Å². The van der Waals surface area contributed by atoms with E-state index in [4.69, 9.17) is 0 Å². The lowest BCUT2D eigenvalue weighted by Crippen LogP contribution is -2.33. The molecule has 6 heteroatoms. The highest BCUT2D eigenvalue weighted by atomic mass is 16.3. The molecular formula is C22H24N2O4. The van der Waals surface area contributed by atoms with Crippen molar-refractivity contribution in [3.8, 4) is 0 Å². The third-order valence-electron chi connectivity index (χ3n) is 4.64. The molecule has 0 aromatic heterocycles. The molecule has 2 aromatic carbocycles. The molecule has 1 N–H and O–H groups in total. The quantitative estimate of drug-likeness (QED) is 0.749. The molecule has 1 heterocycles. The zero-order chi connectivity index (χ0) is 20.3. The van der Waals surface area contributed by atoms with Crippen molar-refractivity contribution in [3.05, 3.63) is 70.8 Å². The third-order valence-corrected chi connectivity index (χ3v) is 4.64. The van der Waals surface area contributed by atoms with E-state index in [1.807, 2.05) is 44.2 Å². The lowest BCUT2D eigenvalue weighted by atomic mass is 10.0. The van der Waals surface area contributed by atoms with Crippen LogP contribution in [0.2, 0.25) is 0 Å². The fourth-order valence-electron chi connectivity index (χ4n) is 3.31. The van der Waals surface area contributed by atoms with E-state index in [0.29, 0.717) is 24.2 Å². The van der Waals surface area contributed by atoms with Gasteiger partial charge in [0.1, 0.15) is 0 Å². The summed E-state index contributed by atoms with van der Waals surface area (Å²) in [6.45, 7) is 4.59. The molecule has 146 valence electrons. The molecule has 0 saturated heterocycles. The van der Waals surface area contributed by atoms with Crippen LogP contribution in [-0.4, -0.2) is 52.3 Å². The largest absolute Gasteiger partial charge is 0.395 e. The first kappa shape index (κ1) is 19.8. The van der Waals surface area contributed by atoms with Gasteiger partial charge < -0.3 is 10.0 Å². The normalized spacial score (nSPS) is 13.2. The number of rotatable bonds is 7. The van der Waals surface area contributed by atoms with Crippen molar-refractivity contribution in [2.24, 2.45) is 5.92 Å². The summed E-state index contributed by atoms with van der Waals surface area (Å²) in [5.74, 6) is -0.804. The first-order chi connectivity index (χ1) is 13.4. The monoisotopic (exact) mass is 380 g/mol. The number of carbonyl (C=O) groups is 3. The molecule has 1 aliphatic heterocycles. The molecule has 2 aromatic rings. The predicted molar refractivity (Wildman–Crippen MR) is 105 cm³/mol. The Bertz CT molecular complexity index is 893. The average molecular weight is 380 g/mol. The summed E-state index contributed by atoms with van der Waals surface area (Å²) in [5.41, 5.74) is 1.87. The summed E-state index contributed by atoms with van der Waals surface area (Å²) in [5, 5.41) is 9.36. The van der Waals surface area contributed by atoms with Crippen LogP contribution in [0.1, 0.15) is 50.5 Å². The van der Waals surface area contributed by atoms with Gasteiger partial charge in [0.15, 0.2) is 0 Å². The maximum absolute atomic E-state index is 13.0. The van der Waals surface area contributed by atoms with Gasteiger partial charge in [-0.1, -0.05) is 44.2 Å². The van der Waals surface area contributed by atoms with Gasteiger partial charge >= 0.3 is 0 Å². The highest BCUT2D eigenvalue weighted by Gasteiger charge is 2.36. The van der Waals surface area contributed by atoms with Gasteiger partial charge in [-0.2, -0.15) is 0 Å². The van der Waals surface area contributed by atoms with Crippen LogP contribution in [0.5, 0.6) is 0 Å². The fourth-order valence-corrected chi connectivity index (χ4v) is 3.31.